The lowest BCUT2D eigenvalue weighted by Crippen LogP contribution is -2.20. The van der Waals surface area contributed by atoms with Gasteiger partial charge in [0.25, 0.3) is 5.56 Å². The molecular weight excluding hydrogens is 480 g/mol. The van der Waals surface area contributed by atoms with Gasteiger partial charge in [0.2, 0.25) is 5.82 Å². The number of hydrogen-bond acceptors (Lipinski definition) is 6. The highest BCUT2D eigenvalue weighted by molar-refractivity contribution is 5.89. The van der Waals surface area contributed by atoms with Gasteiger partial charge in [0.05, 0.1) is 29.6 Å². The minimum Gasteiger partial charge on any atom is -0.508 e. The number of benzene rings is 3. The van der Waals surface area contributed by atoms with Gasteiger partial charge in [0.1, 0.15) is 17.1 Å². The molecule has 8 nitrogen and oxygen atoms in total. The second kappa shape index (κ2) is 9.08. The molecule has 0 bridgehead atoms. The first-order valence-electron chi connectivity index (χ1n) is 12.1. The monoisotopic (exact) mass is 504 g/mol. The number of aromatic hydroxyl groups is 1. The highest BCUT2D eigenvalue weighted by Crippen LogP contribution is 2.33. The van der Waals surface area contributed by atoms with Gasteiger partial charge in [0.15, 0.2) is 5.76 Å². The first-order chi connectivity index (χ1) is 18.4. The fourth-order valence-corrected chi connectivity index (χ4v) is 4.75. The summed E-state index contributed by atoms with van der Waals surface area (Å²) in [6.45, 7) is 3.98. The molecule has 0 spiro atoms. The van der Waals surface area contributed by atoms with Crippen molar-refractivity contribution in [2.45, 2.75) is 13.8 Å². The molecule has 0 aliphatic carbocycles. The highest BCUT2D eigenvalue weighted by Gasteiger charge is 2.18. The maximum atomic E-state index is 13.6. The molecule has 0 fully saturated rings. The number of ether oxygens (including phenoxy) is 1. The van der Waals surface area contributed by atoms with Crippen LogP contribution in [0.1, 0.15) is 17.0 Å². The van der Waals surface area contributed by atoms with E-state index in [1.807, 2.05) is 62.4 Å². The Morgan fingerprint density at radius 2 is 1.76 bits per heavy atom. The Morgan fingerprint density at radius 3 is 2.55 bits per heavy atom. The largest absolute Gasteiger partial charge is 0.508 e. The van der Waals surface area contributed by atoms with Gasteiger partial charge in [0, 0.05) is 22.6 Å². The molecule has 0 unspecified atom stereocenters. The number of para-hydroxylation sites is 1. The van der Waals surface area contributed by atoms with E-state index in [4.69, 9.17) is 14.1 Å². The lowest BCUT2D eigenvalue weighted by molar-refractivity contribution is 0.419. The van der Waals surface area contributed by atoms with E-state index in [0.29, 0.717) is 28.0 Å². The number of aromatic nitrogens is 3. The average Bonchev–Trinajstić information content (AvgIpc) is 3.49. The second-order valence-electron chi connectivity index (χ2n) is 8.98. The average molecular weight is 505 g/mol. The molecule has 0 saturated carbocycles. The molecule has 1 N–H and O–H groups in total. The number of phenolic OH excluding ortho intramolecular Hbond substituents is 1. The number of aryl methyl sites for hydroxylation is 1. The number of rotatable bonds is 5. The van der Waals surface area contributed by atoms with E-state index in [-0.39, 0.29) is 17.1 Å². The Labute approximate surface area is 217 Å². The third kappa shape index (κ3) is 3.83. The van der Waals surface area contributed by atoms with Gasteiger partial charge in [-0.1, -0.05) is 18.2 Å². The van der Waals surface area contributed by atoms with Crippen molar-refractivity contribution in [2.75, 3.05) is 7.11 Å². The zero-order valence-electron chi connectivity index (χ0n) is 21.0. The summed E-state index contributed by atoms with van der Waals surface area (Å²) in [5.41, 5.74) is 4.55. The van der Waals surface area contributed by atoms with Crippen LogP contribution in [0.25, 0.3) is 39.1 Å². The highest BCUT2D eigenvalue weighted by atomic mass is 16.5. The quantitative estimate of drug-likeness (QED) is 0.299. The molecule has 3 aromatic heterocycles. The van der Waals surface area contributed by atoms with Crippen LogP contribution in [0.5, 0.6) is 11.5 Å². The normalized spacial score (nSPS) is 11.7. The van der Waals surface area contributed by atoms with Crippen LogP contribution in [0, 0.1) is 13.8 Å². The van der Waals surface area contributed by atoms with Gasteiger partial charge in [-0.15, -0.1) is 0 Å². The molecule has 0 amide bonds. The summed E-state index contributed by atoms with van der Waals surface area (Å²) < 4.78 is 14.9. The van der Waals surface area contributed by atoms with E-state index >= 15 is 0 Å². The third-order valence-electron chi connectivity index (χ3n) is 6.61. The fraction of sp³-hybridized carbons (Fsp3) is 0.100. The first-order valence-corrected chi connectivity index (χ1v) is 12.1. The van der Waals surface area contributed by atoms with Gasteiger partial charge in [-0.05, 0) is 74.5 Å². The van der Waals surface area contributed by atoms with E-state index < -0.39 is 0 Å². The van der Waals surface area contributed by atoms with Crippen molar-refractivity contribution in [2.24, 2.45) is 5.10 Å². The summed E-state index contributed by atoms with van der Waals surface area (Å²) in [6, 6.07) is 23.5. The first kappa shape index (κ1) is 23.3. The summed E-state index contributed by atoms with van der Waals surface area (Å²) in [5, 5.41) is 15.5. The Kier molecular flexibility index (Phi) is 5.57. The van der Waals surface area contributed by atoms with Crippen molar-refractivity contribution >= 4 is 28.1 Å². The van der Waals surface area contributed by atoms with Gasteiger partial charge in [-0.25, -0.2) is 4.98 Å². The number of hydrogen-bond donors (Lipinski definition) is 1. The maximum Gasteiger partial charge on any atom is 0.282 e. The summed E-state index contributed by atoms with van der Waals surface area (Å²) in [6.07, 6.45) is 1.66. The molecular formula is C30H24N4O4. The number of nitrogens with zero attached hydrogens (tertiary/aromatic N) is 4. The number of fused-ring (bicyclic) bond motifs is 2. The van der Waals surface area contributed by atoms with Crippen LogP contribution < -0.4 is 10.3 Å². The van der Waals surface area contributed by atoms with Crippen LogP contribution >= 0.6 is 0 Å². The van der Waals surface area contributed by atoms with E-state index in [1.54, 1.807) is 43.7 Å². The van der Waals surface area contributed by atoms with Gasteiger partial charge in [-0.3, -0.25) is 4.79 Å². The van der Waals surface area contributed by atoms with Crippen LogP contribution in [-0.2, 0) is 0 Å². The molecule has 0 atom stereocenters. The molecule has 6 aromatic rings. The molecule has 6 rings (SSSR count). The van der Waals surface area contributed by atoms with Crippen LogP contribution in [0.4, 0.5) is 0 Å². The van der Waals surface area contributed by atoms with E-state index in [0.717, 1.165) is 28.0 Å². The topological polar surface area (TPSA) is 94.8 Å². The molecule has 3 heterocycles. The predicted octanol–water partition coefficient (Wildman–Crippen LogP) is 5.81. The molecule has 8 heteroatoms. The Hall–Kier alpha value is -5.11. The van der Waals surface area contributed by atoms with Crippen LogP contribution in [0.15, 0.2) is 93.2 Å². The summed E-state index contributed by atoms with van der Waals surface area (Å²) in [4.78, 5) is 18.4. The Bertz CT molecular complexity index is 1910. The standard InChI is InChI=1S/C30H24N4O4/c1-18-15-20(19(2)33(18)21-11-13-22(35)14-12-21)17-31-34-29(32-25-8-5-4-7-23(25)30(34)36)28-16-24-26(37-3)9-6-10-27(24)38-28/h4-17,35H,1-3H3. The summed E-state index contributed by atoms with van der Waals surface area (Å²) in [7, 11) is 1.60. The second-order valence-corrected chi connectivity index (χ2v) is 8.98. The molecule has 3 aromatic carbocycles. The van der Waals surface area contributed by atoms with Gasteiger partial charge in [-0.2, -0.15) is 9.78 Å². The third-order valence-corrected chi connectivity index (χ3v) is 6.61. The molecule has 0 saturated heterocycles. The minimum absolute atomic E-state index is 0.205. The van der Waals surface area contributed by atoms with Crippen LogP contribution in [0.2, 0.25) is 0 Å². The van der Waals surface area contributed by atoms with Crippen molar-refractivity contribution < 1.29 is 14.3 Å². The molecule has 0 aliphatic heterocycles. The Balaban J connectivity index is 1.52. The smallest absolute Gasteiger partial charge is 0.282 e. The summed E-state index contributed by atoms with van der Waals surface area (Å²) in [5.74, 6) is 1.56. The molecule has 38 heavy (non-hydrogen) atoms. The van der Waals surface area contributed by atoms with Crippen molar-refractivity contribution in [1.82, 2.24) is 14.2 Å². The molecule has 0 aliphatic rings. The van der Waals surface area contributed by atoms with E-state index in [2.05, 4.69) is 9.67 Å². The SMILES string of the molecule is COc1cccc2oc(-c3nc4ccccc4c(=O)n3N=Cc3cc(C)n(-c4ccc(O)cc4)c3C)cc12. The number of phenols is 1. The Morgan fingerprint density at radius 1 is 0.974 bits per heavy atom. The molecule has 188 valence electrons. The van der Waals surface area contributed by atoms with Crippen molar-refractivity contribution in [3.8, 4) is 28.8 Å². The van der Waals surface area contributed by atoms with E-state index in [9.17, 15) is 9.90 Å². The van der Waals surface area contributed by atoms with E-state index in [1.165, 1.54) is 4.68 Å². The van der Waals surface area contributed by atoms with Crippen molar-refractivity contribution in [1.29, 1.82) is 0 Å². The van der Waals surface area contributed by atoms with Crippen molar-refractivity contribution in [3.63, 3.8) is 0 Å². The number of methoxy groups -OCH3 is 1. The van der Waals surface area contributed by atoms with Crippen molar-refractivity contribution in [3.05, 3.63) is 106 Å². The predicted molar refractivity (Wildman–Crippen MR) is 148 cm³/mol. The zero-order chi connectivity index (χ0) is 26.4. The van der Waals surface area contributed by atoms with Crippen LogP contribution in [-0.4, -0.2) is 32.7 Å². The lowest BCUT2D eigenvalue weighted by atomic mass is 10.2. The van der Waals surface area contributed by atoms with Gasteiger partial charge >= 0.3 is 0 Å². The zero-order valence-corrected chi connectivity index (χ0v) is 21.0. The van der Waals surface area contributed by atoms with Crippen LogP contribution in [0.3, 0.4) is 0 Å². The summed E-state index contributed by atoms with van der Waals surface area (Å²) >= 11 is 0. The maximum absolute atomic E-state index is 13.6. The minimum atomic E-state index is -0.304. The number of furan rings is 1. The molecule has 0 radical (unpaired) electrons. The fourth-order valence-electron chi connectivity index (χ4n) is 4.75. The van der Waals surface area contributed by atoms with Gasteiger partial charge < -0.3 is 18.8 Å². The lowest BCUT2D eigenvalue weighted by Gasteiger charge is -2.09.